The average molecular weight is 323 g/mol. The van der Waals surface area contributed by atoms with Crippen molar-refractivity contribution in [3.05, 3.63) is 45.3 Å². The summed E-state index contributed by atoms with van der Waals surface area (Å²) in [5.41, 5.74) is 4.71. The molecule has 1 heterocycles. The lowest BCUT2D eigenvalue weighted by molar-refractivity contribution is 0.612. The zero-order chi connectivity index (χ0) is 15.6. The van der Waals surface area contributed by atoms with Gasteiger partial charge in [-0.15, -0.1) is 0 Å². The fourth-order valence-electron chi connectivity index (χ4n) is 2.62. The van der Waals surface area contributed by atoms with Crippen molar-refractivity contribution in [1.29, 1.82) is 0 Å². The Hall–Kier alpha value is -1.12. The van der Waals surface area contributed by atoms with Crippen LogP contribution in [0.5, 0.6) is 0 Å². The van der Waals surface area contributed by atoms with Gasteiger partial charge >= 0.3 is 0 Å². The van der Waals surface area contributed by atoms with Gasteiger partial charge in [-0.25, -0.2) is 4.98 Å². The third-order valence-corrected chi connectivity index (χ3v) is 4.39. The van der Waals surface area contributed by atoms with Crippen LogP contribution in [0.2, 0.25) is 10.0 Å². The smallest absolute Gasteiger partial charge is 0.0932 e. The number of halogens is 2. The summed E-state index contributed by atoms with van der Waals surface area (Å²) in [6.07, 6.45) is 2.15. The second-order valence-electron chi connectivity index (χ2n) is 5.27. The highest BCUT2D eigenvalue weighted by atomic mass is 35.5. The summed E-state index contributed by atoms with van der Waals surface area (Å²) in [5, 5.41) is 1.23. The van der Waals surface area contributed by atoms with E-state index in [0.717, 1.165) is 41.2 Å². The van der Waals surface area contributed by atoms with Crippen LogP contribution in [0.4, 0.5) is 0 Å². The van der Waals surface area contributed by atoms with E-state index in [1.54, 1.807) is 6.07 Å². The van der Waals surface area contributed by atoms with E-state index < -0.39 is 0 Å². The molecule has 2 rings (SSSR count). The first-order valence-electron chi connectivity index (χ1n) is 7.28. The molecule has 0 aliphatic heterocycles. The van der Waals surface area contributed by atoms with Gasteiger partial charge in [0.05, 0.1) is 27.8 Å². The SMILES string of the molecule is CCC(CC)c1nc(C)c(-c2ccc(Cl)cc2Cl)nc1C. The molecule has 0 atom stereocenters. The minimum Gasteiger partial charge on any atom is -0.254 e. The molecule has 0 aliphatic carbocycles. The Balaban J connectivity index is 2.54. The number of nitrogens with zero attached hydrogens (tertiary/aromatic N) is 2. The summed E-state index contributed by atoms with van der Waals surface area (Å²) in [6, 6.07) is 5.47. The molecule has 0 amide bonds. The molecule has 0 unspecified atom stereocenters. The fourth-order valence-corrected chi connectivity index (χ4v) is 3.12. The van der Waals surface area contributed by atoms with E-state index in [2.05, 4.69) is 13.8 Å². The van der Waals surface area contributed by atoms with Crippen molar-refractivity contribution in [1.82, 2.24) is 9.97 Å². The Morgan fingerprint density at radius 1 is 1.00 bits per heavy atom. The standard InChI is InChI=1S/C17H20Cl2N2/c1-5-12(6-2)16-10(3)21-17(11(4)20-16)14-8-7-13(18)9-15(14)19/h7-9,12H,5-6H2,1-4H3. The second kappa shape index (κ2) is 6.76. The maximum absolute atomic E-state index is 6.29. The summed E-state index contributed by atoms with van der Waals surface area (Å²) in [7, 11) is 0. The highest BCUT2D eigenvalue weighted by Gasteiger charge is 2.17. The van der Waals surface area contributed by atoms with Gasteiger partial charge in [-0.1, -0.05) is 37.0 Å². The van der Waals surface area contributed by atoms with Crippen LogP contribution in [0.25, 0.3) is 11.3 Å². The van der Waals surface area contributed by atoms with Gasteiger partial charge in [0.2, 0.25) is 0 Å². The number of hydrogen-bond donors (Lipinski definition) is 0. The number of aromatic nitrogens is 2. The Morgan fingerprint density at radius 3 is 2.24 bits per heavy atom. The first-order valence-corrected chi connectivity index (χ1v) is 8.04. The normalized spacial score (nSPS) is 11.2. The minimum atomic E-state index is 0.464. The number of aryl methyl sites for hydroxylation is 2. The third-order valence-electron chi connectivity index (χ3n) is 3.84. The van der Waals surface area contributed by atoms with Crippen molar-refractivity contribution < 1.29 is 0 Å². The van der Waals surface area contributed by atoms with Gasteiger partial charge in [-0.05, 0) is 44.9 Å². The largest absolute Gasteiger partial charge is 0.254 e. The number of rotatable bonds is 4. The van der Waals surface area contributed by atoms with Crippen LogP contribution in [0, 0.1) is 13.8 Å². The molecule has 0 radical (unpaired) electrons. The van der Waals surface area contributed by atoms with Gasteiger partial charge in [0.25, 0.3) is 0 Å². The first-order chi connectivity index (χ1) is 9.97. The van der Waals surface area contributed by atoms with E-state index in [1.807, 2.05) is 26.0 Å². The van der Waals surface area contributed by atoms with Crippen LogP contribution >= 0.6 is 23.2 Å². The predicted octanol–water partition coefficient (Wildman–Crippen LogP) is 5.97. The fraction of sp³-hybridized carbons (Fsp3) is 0.412. The molecule has 0 saturated heterocycles. The third kappa shape index (κ3) is 3.38. The molecule has 0 fully saturated rings. The van der Waals surface area contributed by atoms with Gasteiger partial charge in [-0.2, -0.15) is 0 Å². The lowest BCUT2D eigenvalue weighted by Crippen LogP contribution is -2.07. The topological polar surface area (TPSA) is 25.8 Å². The minimum absolute atomic E-state index is 0.464. The summed E-state index contributed by atoms with van der Waals surface area (Å²) < 4.78 is 0. The molecule has 2 aromatic rings. The molecule has 1 aromatic heterocycles. The zero-order valence-corrected chi connectivity index (χ0v) is 14.4. The highest BCUT2D eigenvalue weighted by molar-refractivity contribution is 6.36. The molecule has 2 nitrogen and oxygen atoms in total. The molecule has 21 heavy (non-hydrogen) atoms. The summed E-state index contributed by atoms with van der Waals surface area (Å²) in [4.78, 5) is 9.56. The van der Waals surface area contributed by atoms with Crippen molar-refractivity contribution in [2.24, 2.45) is 0 Å². The Morgan fingerprint density at radius 2 is 1.67 bits per heavy atom. The van der Waals surface area contributed by atoms with Crippen LogP contribution in [-0.4, -0.2) is 9.97 Å². The molecule has 112 valence electrons. The van der Waals surface area contributed by atoms with E-state index in [0.29, 0.717) is 16.0 Å². The van der Waals surface area contributed by atoms with Gasteiger partial charge < -0.3 is 0 Å². The van der Waals surface area contributed by atoms with E-state index in [9.17, 15) is 0 Å². The maximum atomic E-state index is 6.29. The van der Waals surface area contributed by atoms with Crippen LogP contribution in [0.3, 0.4) is 0 Å². The molecular weight excluding hydrogens is 303 g/mol. The molecule has 0 N–H and O–H groups in total. The van der Waals surface area contributed by atoms with Crippen LogP contribution in [0.1, 0.15) is 49.7 Å². The molecule has 1 aromatic carbocycles. The molecular formula is C17H20Cl2N2. The highest BCUT2D eigenvalue weighted by Crippen LogP contribution is 2.32. The Bertz CT molecular complexity index is 649. The van der Waals surface area contributed by atoms with Gasteiger partial charge in [0, 0.05) is 16.5 Å². The van der Waals surface area contributed by atoms with Crippen molar-refractivity contribution in [2.75, 3.05) is 0 Å². The van der Waals surface area contributed by atoms with Crippen molar-refractivity contribution >= 4 is 23.2 Å². The van der Waals surface area contributed by atoms with Gasteiger partial charge in [0.15, 0.2) is 0 Å². The van der Waals surface area contributed by atoms with Crippen LogP contribution in [0.15, 0.2) is 18.2 Å². The lowest BCUT2D eigenvalue weighted by Gasteiger charge is -2.17. The quantitative estimate of drug-likeness (QED) is 0.692. The van der Waals surface area contributed by atoms with Gasteiger partial charge in [-0.3, -0.25) is 4.98 Å². The predicted molar refractivity (Wildman–Crippen MR) is 90.3 cm³/mol. The number of hydrogen-bond acceptors (Lipinski definition) is 2. The maximum Gasteiger partial charge on any atom is 0.0932 e. The summed E-state index contributed by atoms with van der Waals surface area (Å²) >= 11 is 12.3. The second-order valence-corrected chi connectivity index (χ2v) is 6.11. The first kappa shape index (κ1) is 16.3. The Labute approximate surface area is 136 Å². The van der Waals surface area contributed by atoms with Crippen LogP contribution in [-0.2, 0) is 0 Å². The zero-order valence-electron chi connectivity index (χ0n) is 12.9. The van der Waals surface area contributed by atoms with E-state index >= 15 is 0 Å². The molecule has 0 saturated carbocycles. The van der Waals surface area contributed by atoms with Gasteiger partial charge in [0.1, 0.15) is 0 Å². The lowest BCUT2D eigenvalue weighted by atomic mass is 9.97. The van der Waals surface area contributed by atoms with Crippen LogP contribution < -0.4 is 0 Å². The molecule has 0 spiro atoms. The molecule has 4 heteroatoms. The van der Waals surface area contributed by atoms with Crippen molar-refractivity contribution in [3.8, 4) is 11.3 Å². The number of benzene rings is 1. The van der Waals surface area contributed by atoms with E-state index in [4.69, 9.17) is 33.2 Å². The summed E-state index contributed by atoms with van der Waals surface area (Å²) in [5.74, 6) is 0.464. The Kier molecular flexibility index (Phi) is 5.23. The summed E-state index contributed by atoms with van der Waals surface area (Å²) in [6.45, 7) is 8.38. The van der Waals surface area contributed by atoms with E-state index in [1.165, 1.54) is 0 Å². The van der Waals surface area contributed by atoms with E-state index in [-0.39, 0.29) is 0 Å². The van der Waals surface area contributed by atoms with Crippen molar-refractivity contribution in [3.63, 3.8) is 0 Å². The van der Waals surface area contributed by atoms with Crippen molar-refractivity contribution in [2.45, 2.75) is 46.5 Å². The molecule has 0 aliphatic rings. The molecule has 0 bridgehead atoms. The average Bonchev–Trinajstić information content (AvgIpc) is 2.44. The monoisotopic (exact) mass is 322 g/mol.